The van der Waals surface area contributed by atoms with Crippen LogP contribution in [0.3, 0.4) is 0 Å². The van der Waals surface area contributed by atoms with Crippen molar-refractivity contribution >= 4 is 27.5 Å². The largest absolute Gasteiger partial charge is 0.451 e. The monoisotopic (exact) mass is 376 g/mol. The van der Waals surface area contributed by atoms with E-state index in [1.165, 1.54) is 6.42 Å². The number of amides is 1. The molecule has 122 valence electrons. The molecule has 1 aliphatic rings. The molecule has 2 atom stereocenters. The maximum Gasteiger partial charge on any atom is 0.290 e. The van der Waals surface area contributed by atoms with Crippen LogP contribution in [0.1, 0.15) is 43.7 Å². The second-order valence-electron chi connectivity index (χ2n) is 6.24. The van der Waals surface area contributed by atoms with Gasteiger partial charge in [0.25, 0.3) is 5.91 Å². The van der Waals surface area contributed by atoms with E-state index < -0.39 is 0 Å². The first-order valence-corrected chi connectivity index (χ1v) is 8.74. The number of hydrogen-bond acceptors (Lipinski definition) is 3. The van der Waals surface area contributed by atoms with Crippen LogP contribution < -0.4 is 5.73 Å². The highest BCUT2D eigenvalue weighted by Gasteiger charge is 2.31. The summed E-state index contributed by atoms with van der Waals surface area (Å²) in [6.07, 6.45) is 3.27. The Morgan fingerprint density at radius 1 is 1.22 bits per heavy atom. The number of furan rings is 1. The van der Waals surface area contributed by atoms with Crippen LogP contribution in [0.4, 0.5) is 5.69 Å². The molecule has 2 N–H and O–H groups in total. The molecule has 1 aliphatic heterocycles. The van der Waals surface area contributed by atoms with Crippen LogP contribution in [0, 0.1) is 0 Å². The lowest BCUT2D eigenvalue weighted by molar-refractivity contribution is 0.0479. The quantitative estimate of drug-likeness (QED) is 0.772. The van der Waals surface area contributed by atoms with Crippen molar-refractivity contribution in [1.82, 2.24) is 4.90 Å². The van der Waals surface area contributed by atoms with Gasteiger partial charge in [0.05, 0.1) is 0 Å². The SMILES string of the molecule is C[C@@H]1CCC[C@@H](C)N1C(=O)c1ccc(-c2ccc(N)cc2Br)o1. The Kier molecular flexibility index (Phi) is 4.48. The average Bonchev–Trinajstić information content (AvgIpc) is 2.96. The lowest BCUT2D eigenvalue weighted by Gasteiger charge is -2.38. The molecule has 0 spiro atoms. The zero-order valence-corrected chi connectivity index (χ0v) is 15.0. The van der Waals surface area contributed by atoms with Crippen LogP contribution in [-0.2, 0) is 0 Å². The van der Waals surface area contributed by atoms with E-state index in [0.717, 1.165) is 22.9 Å². The third-order valence-corrected chi connectivity index (χ3v) is 5.16. The molecule has 0 unspecified atom stereocenters. The summed E-state index contributed by atoms with van der Waals surface area (Å²) < 4.78 is 6.69. The van der Waals surface area contributed by atoms with Crippen molar-refractivity contribution in [2.24, 2.45) is 0 Å². The summed E-state index contributed by atoms with van der Waals surface area (Å²) >= 11 is 3.49. The number of likely N-dealkylation sites (tertiary alicyclic amines) is 1. The Morgan fingerprint density at radius 3 is 2.57 bits per heavy atom. The maximum atomic E-state index is 12.8. The van der Waals surface area contributed by atoms with E-state index in [2.05, 4.69) is 29.8 Å². The Bertz CT molecular complexity index is 716. The predicted molar refractivity (Wildman–Crippen MR) is 95.2 cm³/mol. The topological polar surface area (TPSA) is 59.5 Å². The number of carbonyl (C=O) groups excluding carboxylic acids is 1. The Morgan fingerprint density at radius 2 is 1.91 bits per heavy atom. The minimum Gasteiger partial charge on any atom is -0.451 e. The molecule has 3 rings (SSSR count). The molecule has 5 heteroatoms. The fourth-order valence-corrected chi connectivity index (χ4v) is 3.87. The van der Waals surface area contributed by atoms with Crippen LogP contribution in [0.25, 0.3) is 11.3 Å². The fourth-order valence-electron chi connectivity index (χ4n) is 3.28. The number of nitrogens with zero attached hydrogens (tertiary/aromatic N) is 1. The van der Waals surface area contributed by atoms with E-state index >= 15 is 0 Å². The summed E-state index contributed by atoms with van der Waals surface area (Å²) in [6.45, 7) is 4.21. The number of halogens is 1. The second-order valence-corrected chi connectivity index (χ2v) is 7.10. The van der Waals surface area contributed by atoms with Crippen LogP contribution in [0.2, 0.25) is 0 Å². The molecule has 1 amide bonds. The number of piperidine rings is 1. The van der Waals surface area contributed by atoms with Gasteiger partial charge >= 0.3 is 0 Å². The molecule has 23 heavy (non-hydrogen) atoms. The highest BCUT2D eigenvalue weighted by molar-refractivity contribution is 9.10. The van der Waals surface area contributed by atoms with Crippen LogP contribution in [-0.4, -0.2) is 22.9 Å². The van der Waals surface area contributed by atoms with Gasteiger partial charge in [-0.25, -0.2) is 0 Å². The van der Waals surface area contributed by atoms with Crippen molar-refractivity contribution in [3.63, 3.8) is 0 Å². The molecule has 1 saturated heterocycles. The molecular weight excluding hydrogens is 356 g/mol. The van der Waals surface area contributed by atoms with Gasteiger partial charge in [-0.15, -0.1) is 0 Å². The number of nitrogen functional groups attached to an aromatic ring is 1. The molecule has 1 aromatic heterocycles. The molecule has 1 fully saturated rings. The van der Waals surface area contributed by atoms with Crippen LogP contribution >= 0.6 is 15.9 Å². The number of carbonyl (C=O) groups is 1. The van der Waals surface area contributed by atoms with Gasteiger partial charge in [-0.1, -0.05) is 0 Å². The number of hydrogen-bond donors (Lipinski definition) is 1. The van der Waals surface area contributed by atoms with E-state index in [1.807, 2.05) is 29.2 Å². The van der Waals surface area contributed by atoms with Gasteiger partial charge in [-0.3, -0.25) is 4.79 Å². The fraction of sp³-hybridized carbons (Fsp3) is 0.389. The average molecular weight is 377 g/mol. The summed E-state index contributed by atoms with van der Waals surface area (Å²) in [5, 5.41) is 0. The first-order chi connectivity index (χ1) is 11.0. The van der Waals surface area contributed by atoms with E-state index in [-0.39, 0.29) is 18.0 Å². The third-order valence-electron chi connectivity index (χ3n) is 4.50. The Balaban J connectivity index is 1.88. The van der Waals surface area contributed by atoms with Crippen molar-refractivity contribution in [3.05, 3.63) is 40.6 Å². The molecule has 4 nitrogen and oxygen atoms in total. The lowest BCUT2D eigenvalue weighted by Crippen LogP contribution is -2.47. The number of rotatable bonds is 2. The van der Waals surface area contributed by atoms with E-state index in [1.54, 1.807) is 6.07 Å². The third kappa shape index (κ3) is 3.15. The van der Waals surface area contributed by atoms with Crippen molar-refractivity contribution in [2.75, 3.05) is 5.73 Å². The van der Waals surface area contributed by atoms with Gasteiger partial charge in [-0.05, 0) is 79.4 Å². The van der Waals surface area contributed by atoms with Crippen molar-refractivity contribution in [2.45, 2.75) is 45.2 Å². The highest BCUT2D eigenvalue weighted by atomic mass is 79.9. The molecule has 0 aliphatic carbocycles. The molecule has 0 bridgehead atoms. The summed E-state index contributed by atoms with van der Waals surface area (Å²) in [4.78, 5) is 14.8. The zero-order valence-electron chi connectivity index (χ0n) is 13.4. The summed E-state index contributed by atoms with van der Waals surface area (Å²) in [7, 11) is 0. The van der Waals surface area contributed by atoms with Gasteiger partial charge in [0.15, 0.2) is 5.76 Å². The van der Waals surface area contributed by atoms with Gasteiger partial charge in [-0.2, -0.15) is 0 Å². The summed E-state index contributed by atoms with van der Waals surface area (Å²) in [5.74, 6) is 1.03. The van der Waals surface area contributed by atoms with E-state index in [9.17, 15) is 4.79 Å². The van der Waals surface area contributed by atoms with E-state index in [4.69, 9.17) is 10.2 Å². The minimum atomic E-state index is -0.0254. The second kappa shape index (κ2) is 6.40. The molecule has 0 saturated carbocycles. The van der Waals surface area contributed by atoms with Crippen molar-refractivity contribution < 1.29 is 9.21 Å². The first-order valence-electron chi connectivity index (χ1n) is 7.95. The maximum absolute atomic E-state index is 12.8. The van der Waals surface area contributed by atoms with Gasteiger partial charge in [0.1, 0.15) is 5.76 Å². The van der Waals surface area contributed by atoms with E-state index in [0.29, 0.717) is 17.2 Å². The normalized spacial score (nSPS) is 21.4. The van der Waals surface area contributed by atoms with Crippen molar-refractivity contribution in [1.29, 1.82) is 0 Å². The van der Waals surface area contributed by atoms with Gasteiger partial charge < -0.3 is 15.1 Å². The van der Waals surface area contributed by atoms with Crippen LogP contribution in [0.15, 0.2) is 39.2 Å². The molecule has 0 radical (unpaired) electrons. The summed E-state index contributed by atoms with van der Waals surface area (Å²) in [6, 6.07) is 9.63. The first kappa shape index (κ1) is 16.1. The van der Waals surface area contributed by atoms with Crippen molar-refractivity contribution in [3.8, 4) is 11.3 Å². The number of benzene rings is 1. The van der Waals surface area contributed by atoms with Gasteiger partial charge in [0.2, 0.25) is 0 Å². The number of nitrogens with two attached hydrogens (primary N) is 1. The Labute approximate surface area is 144 Å². The smallest absolute Gasteiger partial charge is 0.290 e. The minimum absolute atomic E-state index is 0.0254. The molecular formula is C18H21BrN2O2. The lowest BCUT2D eigenvalue weighted by atomic mass is 9.97. The molecule has 2 aromatic rings. The Hall–Kier alpha value is -1.75. The zero-order chi connectivity index (χ0) is 16.6. The predicted octanol–water partition coefficient (Wildman–Crippen LogP) is 4.69. The van der Waals surface area contributed by atoms with Gasteiger partial charge in [0, 0.05) is 27.8 Å². The number of anilines is 1. The molecule has 2 heterocycles. The molecule has 1 aromatic carbocycles. The van der Waals surface area contributed by atoms with Crippen LogP contribution in [0.5, 0.6) is 0 Å². The standard InChI is InChI=1S/C18H21BrN2O2/c1-11-4-3-5-12(2)21(11)18(22)17-9-8-16(23-17)14-7-6-13(20)10-15(14)19/h6-12H,3-5,20H2,1-2H3/t11-,12-/m1/s1. The summed E-state index contributed by atoms with van der Waals surface area (Å²) in [5.41, 5.74) is 7.33. The highest BCUT2D eigenvalue weighted by Crippen LogP contribution is 2.32.